The summed E-state index contributed by atoms with van der Waals surface area (Å²) < 4.78 is 6.11. The molecule has 1 atom stereocenters. The largest absolute Gasteiger partial charge is 0.465 e. The summed E-state index contributed by atoms with van der Waals surface area (Å²) in [5, 5.41) is 0. The van der Waals surface area contributed by atoms with Crippen molar-refractivity contribution in [3.8, 4) is 0 Å². The molecule has 1 aromatic carbocycles. The number of ether oxygens (including phenoxy) is 1. The molecule has 1 aromatic rings. The molecule has 1 saturated carbocycles. The lowest BCUT2D eigenvalue weighted by molar-refractivity contribution is -0.153. The Balaban J connectivity index is 1.71. The highest BCUT2D eigenvalue weighted by Crippen LogP contribution is 2.37. The lowest BCUT2D eigenvalue weighted by Crippen LogP contribution is -2.29. The van der Waals surface area contributed by atoms with E-state index in [0.29, 0.717) is 12.5 Å². The van der Waals surface area contributed by atoms with Gasteiger partial charge in [0.25, 0.3) is 0 Å². The SMILES string of the molecule is CCCCCCCCCCCCC(C)(CCCCCCCCCC)COC(=O)C1CCC(c2ccccc2)CC1. The van der Waals surface area contributed by atoms with Gasteiger partial charge >= 0.3 is 5.97 Å². The molecule has 0 bridgehead atoms. The van der Waals surface area contributed by atoms with Gasteiger partial charge in [-0.05, 0) is 50.0 Å². The minimum atomic E-state index is 0.0803. The van der Waals surface area contributed by atoms with Gasteiger partial charge in [-0.25, -0.2) is 0 Å². The molecule has 2 rings (SSSR count). The van der Waals surface area contributed by atoms with Crippen LogP contribution in [-0.4, -0.2) is 12.6 Å². The van der Waals surface area contributed by atoms with Gasteiger partial charge in [0.1, 0.15) is 0 Å². The maximum atomic E-state index is 13.1. The quantitative estimate of drug-likeness (QED) is 0.0938. The Kier molecular flexibility index (Phi) is 19.5. The van der Waals surface area contributed by atoms with Crippen LogP contribution in [-0.2, 0) is 9.53 Å². The van der Waals surface area contributed by atoms with Crippen LogP contribution in [0.2, 0.25) is 0 Å². The maximum Gasteiger partial charge on any atom is 0.308 e. The van der Waals surface area contributed by atoms with Crippen LogP contribution in [0.15, 0.2) is 30.3 Å². The molecule has 0 amide bonds. The fraction of sp³-hybridized carbons (Fsp3) is 0.816. The van der Waals surface area contributed by atoms with Crippen LogP contribution in [0.4, 0.5) is 0 Å². The van der Waals surface area contributed by atoms with E-state index in [4.69, 9.17) is 4.74 Å². The van der Waals surface area contributed by atoms with Gasteiger partial charge in [-0.3, -0.25) is 4.79 Å². The van der Waals surface area contributed by atoms with Gasteiger partial charge in [0.2, 0.25) is 0 Å². The summed E-state index contributed by atoms with van der Waals surface area (Å²) in [5.74, 6) is 0.787. The molecule has 0 N–H and O–H groups in total. The normalized spacial score (nSPS) is 18.9. The monoisotopic (exact) mass is 555 g/mol. The van der Waals surface area contributed by atoms with Gasteiger partial charge in [-0.15, -0.1) is 0 Å². The Labute approximate surface area is 249 Å². The molecule has 40 heavy (non-hydrogen) atoms. The number of carbonyl (C=O) groups is 1. The third-order valence-corrected chi connectivity index (χ3v) is 9.66. The molecule has 1 fully saturated rings. The molecule has 0 saturated heterocycles. The molecular formula is C38H66O2. The van der Waals surface area contributed by atoms with Gasteiger partial charge in [-0.2, -0.15) is 0 Å². The predicted octanol–water partition coefficient (Wildman–Crippen LogP) is 12.4. The number of carbonyl (C=O) groups excluding carboxylic acids is 1. The first-order chi connectivity index (χ1) is 19.6. The van der Waals surface area contributed by atoms with E-state index >= 15 is 0 Å². The van der Waals surface area contributed by atoms with Crippen molar-refractivity contribution in [1.82, 2.24) is 0 Å². The molecule has 1 unspecified atom stereocenters. The summed E-state index contributed by atoms with van der Waals surface area (Å²) in [5.41, 5.74) is 1.57. The molecule has 0 aliphatic heterocycles. The number of esters is 1. The fourth-order valence-electron chi connectivity index (χ4n) is 6.75. The van der Waals surface area contributed by atoms with E-state index in [1.165, 1.54) is 134 Å². The molecular weight excluding hydrogens is 488 g/mol. The number of rotatable bonds is 24. The average Bonchev–Trinajstić information content (AvgIpc) is 2.99. The summed E-state index contributed by atoms with van der Waals surface area (Å²) >= 11 is 0. The third-order valence-electron chi connectivity index (χ3n) is 9.66. The van der Waals surface area contributed by atoms with E-state index < -0.39 is 0 Å². The standard InChI is InChI=1S/C38H66O2/c1-4-6-8-10-12-14-15-17-19-24-32-38(3,31-23-18-16-13-11-9-7-5-2)33-40-37(39)36-29-27-35(28-30-36)34-25-21-20-22-26-34/h20-22,25-26,35-36H,4-19,23-24,27-33H2,1-3H3. The second kappa shape index (κ2) is 22.3. The minimum absolute atomic E-state index is 0.0803. The molecule has 0 radical (unpaired) electrons. The van der Waals surface area contributed by atoms with E-state index in [-0.39, 0.29) is 17.3 Å². The molecule has 1 aliphatic carbocycles. The number of hydrogen-bond donors (Lipinski definition) is 0. The topological polar surface area (TPSA) is 26.3 Å². The Morgan fingerprint density at radius 2 is 1.07 bits per heavy atom. The summed E-state index contributed by atoms with van der Waals surface area (Å²) in [4.78, 5) is 13.1. The summed E-state index contributed by atoms with van der Waals surface area (Å²) in [6, 6.07) is 10.9. The van der Waals surface area contributed by atoms with Crippen LogP contribution in [0.3, 0.4) is 0 Å². The third kappa shape index (κ3) is 15.6. The molecule has 2 nitrogen and oxygen atoms in total. The van der Waals surface area contributed by atoms with Crippen LogP contribution in [0.5, 0.6) is 0 Å². The van der Waals surface area contributed by atoms with Gasteiger partial charge < -0.3 is 4.74 Å². The highest BCUT2D eigenvalue weighted by molar-refractivity contribution is 5.72. The smallest absolute Gasteiger partial charge is 0.308 e. The number of benzene rings is 1. The highest BCUT2D eigenvalue weighted by Gasteiger charge is 2.31. The van der Waals surface area contributed by atoms with E-state index in [9.17, 15) is 4.79 Å². The highest BCUT2D eigenvalue weighted by atomic mass is 16.5. The lowest BCUT2D eigenvalue weighted by atomic mass is 9.78. The van der Waals surface area contributed by atoms with E-state index in [2.05, 4.69) is 51.1 Å². The molecule has 0 heterocycles. The average molecular weight is 555 g/mol. The fourth-order valence-corrected chi connectivity index (χ4v) is 6.75. The van der Waals surface area contributed by atoms with Crippen molar-refractivity contribution in [1.29, 1.82) is 0 Å². The van der Waals surface area contributed by atoms with Crippen molar-refractivity contribution < 1.29 is 9.53 Å². The van der Waals surface area contributed by atoms with Crippen LogP contribution >= 0.6 is 0 Å². The van der Waals surface area contributed by atoms with Crippen molar-refractivity contribution in [2.45, 2.75) is 181 Å². The van der Waals surface area contributed by atoms with E-state index in [1.807, 2.05) is 0 Å². The van der Waals surface area contributed by atoms with Crippen LogP contribution in [0.1, 0.15) is 186 Å². The van der Waals surface area contributed by atoms with Gasteiger partial charge in [0.05, 0.1) is 12.5 Å². The predicted molar refractivity (Wildman–Crippen MR) is 174 cm³/mol. The van der Waals surface area contributed by atoms with Crippen LogP contribution in [0, 0.1) is 11.3 Å². The van der Waals surface area contributed by atoms with Crippen LogP contribution < -0.4 is 0 Å². The molecule has 1 aliphatic rings. The van der Waals surface area contributed by atoms with Gasteiger partial charge in [0, 0.05) is 5.41 Å². The summed E-state index contributed by atoms with van der Waals surface area (Å²) in [6.07, 6.45) is 31.2. The van der Waals surface area contributed by atoms with E-state index in [0.717, 1.165) is 25.7 Å². The Bertz CT molecular complexity index is 720. The Hall–Kier alpha value is -1.31. The van der Waals surface area contributed by atoms with Crippen molar-refractivity contribution >= 4 is 5.97 Å². The van der Waals surface area contributed by atoms with Crippen molar-refractivity contribution in [2.24, 2.45) is 11.3 Å². The van der Waals surface area contributed by atoms with E-state index in [1.54, 1.807) is 0 Å². The first kappa shape index (κ1) is 34.9. The lowest BCUT2D eigenvalue weighted by Gasteiger charge is -2.32. The summed E-state index contributed by atoms with van der Waals surface area (Å²) in [7, 11) is 0. The Morgan fingerprint density at radius 1 is 0.650 bits per heavy atom. The zero-order valence-corrected chi connectivity index (χ0v) is 27.0. The molecule has 230 valence electrons. The van der Waals surface area contributed by atoms with Gasteiger partial charge in [-0.1, -0.05) is 167 Å². The zero-order valence-electron chi connectivity index (χ0n) is 27.0. The van der Waals surface area contributed by atoms with Crippen molar-refractivity contribution in [3.63, 3.8) is 0 Å². The number of hydrogen-bond acceptors (Lipinski definition) is 2. The van der Waals surface area contributed by atoms with Gasteiger partial charge in [0.15, 0.2) is 0 Å². The van der Waals surface area contributed by atoms with Crippen molar-refractivity contribution in [3.05, 3.63) is 35.9 Å². The second-order valence-corrected chi connectivity index (χ2v) is 13.5. The Morgan fingerprint density at radius 3 is 1.52 bits per heavy atom. The van der Waals surface area contributed by atoms with Crippen molar-refractivity contribution in [2.75, 3.05) is 6.61 Å². The number of unbranched alkanes of at least 4 members (excludes halogenated alkanes) is 16. The first-order valence-electron chi connectivity index (χ1n) is 17.8. The minimum Gasteiger partial charge on any atom is -0.465 e. The molecule has 0 spiro atoms. The van der Waals surface area contributed by atoms with Crippen LogP contribution in [0.25, 0.3) is 0 Å². The maximum absolute atomic E-state index is 13.1. The first-order valence-corrected chi connectivity index (χ1v) is 17.8. The zero-order chi connectivity index (χ0) is 28.7. The molecule has 2 heteroatoms. The molecule has 0 aromatic heterocycles. The second-order valence-electron chi connectivity index (χ2n) is 13.5. The summed E-state index contributed by atoms with van der Waals surface area (Å²) in [6.45, 7) is 7.61.